The predicted molar refractivity (Wildman–Crippen MR) is 98.3 cm³/mol. The molecule has 1 aromatic carbocycles. The van der Waals surface area contributed by atoms with E-state index in [4.69, 9.17) is 0 Å². The van der Waals surface area contributed by atoms with Crippen molar-refractivity contribution in [3.8, 4) is 5.75 Å². The van der Waals surface area contributed by atoms with Gasteiger partial charge in [0, 0.05) is 62.6 Å². The van der Waals surface area contributed by atoms with Crippen molar-refractivity contribution in [2.45, 2.75) is 33.2 Å². The summed E-state index contributed by atoms with van der Waals surface area (Å²) in [5.41, 5.74) is 3.26. The van der Waals surface area contributed by atoms with E-state index in [1.807, 2.05) is 6.07 Å². The second-order valence-corrected chi connectivity index (χ2v) is 6.38. The summed E-state index contributed by atoms with van der Waals surface area (Å²) in [6.45, 7) is 16.3. The first-order chi connectivity index (χ1) is 11.1. The van der Waals surface area contributed by atoms with Gasteiger partial charge in [0.15, 0.2) is 0 Å². The fraction of sp³-hybridized carbons (Fsp3) is 0.579. The lowest BCUT2D eigenvalue weighted by Crippen LogP contribution is -2.45. The Morgan fingerprint density at radius 2 is 1.96 bits per heavy atom. The smallest absolute Gasteiger partial charge is 0.122 e. The Kier molecular flexibility index (Phi) is 6.48. The van der Waals surface area contributed by atoms with E-state index in [1.54, 1.807) is 0 Å². The largest absolute Gasteiger partial charge is 0.508 e. The Morgan fingerprint density at radius 1 is 1.30 bits per heavy atom. The van der Waals surface area contributed by atoms with Gasteiger partial charge in [-0.25, -0.2) is 0 Å². The van der Waals surface area contributed by atoms with Gasteiger partial charge in [-0.3, -0.25) is 4.90 Å². The average Bonchev–Trinajstić information content (AvgIpc) is 2.55. The molecule has 0 radical (unpaired) electrons. The quantitative estimate of drug-likeness (QED) is 0.758. The van der Waals surface area contributed by atoms with Crippen LogP contribution in [0.2, 0.25) is 0 Å². The molecule has 1 aliphatic rings. The third-order valence-electron chi connectivity index (χ3n) is 4.64. The number of aromatic hydroxyl groups is 1. The summed E-state index contributed by atoms with van der Waals surface area (Å²) in [5, 5.41) is 14.0. The van der Waals surface area contributed by atoms with Crippen LogP contribution in [0.3, 0.4) is 0 Å². The van der Waals surface area contributed by atoms with E-state index in [1.165, 1.54) is 0 Å². The molecule has 4 nitrogen and oxygen atoms in total. The number of rotatable bonds is 7. The summed E-state index contributed by atoms with van der Waals surface area (Å²) in [6, 6.07) is 6.35. The van der Waals surface area contributed by atoms with Crippen molar-refractivity contribution in [3.05, 3.63) is 35.9 Å². The monoisotopic (exact) mass is 317 g/mol. The number of anilines is 1. The van der Waals surface area contributed by atoms with Crippen molar-refractivity contribution in [1.82, 2.24) is 10.2 Å². The third kappa shape index (κ3) is 4.49. The molecule has 0 aliphatic carbocycles. The average molecular weight is 317 g/mol. The fourth-order valence-electron chi connectivity index (χ4n) is 3.36. The minimum atomic E-state index is 0.209. The molecule has 1 fully saturated rings. The maximum atomic E-state index is 10.6. The van der Waals surface area contributed by atoms with Gasteiger partial charge in [-0.15, -0.1) is 6.58 Å². The van der Waals surface area contributed by atoms with Crippen LogP contribution >= 0.6 is 0 Å². The highest BCUT2D eigenvalue weighted by atomic mass is 16.3. The molecule has 0 bridgehead atoms. The predicted octanol–water partition coefficient (Wildman–Crippen LogP) is 3.15. The SMILES string of the molecule is C=C(C)C[C@H](c1ccc(N(CC)CC)cc1O)N1CCNCC1. The molecule has 1 heterocycles. The number of hydrogen-bond acceptors (Lipinski definition) is 4. The van der Waals surface area contributed by atoms with Gasteiger partial charge in [-0.2, -0.15) is 0 Å². The molecular formula is C19H31N3O. The van der Waals surface area contributed by atoms with Crippen LogP contribution in [0, 0.1) is 0 Å². The van der Waals surface area contributed by atoms with E-state index < -0.39 is 0 Å². The van der Waals surface area contributed by atoms with E-state index in [-0.39, 0.29) is 6.04 Å². The second kappa shape index (κ2) is 8.37. The van der Waals surface area contributed by atoms with Crippen molar-refractivity contribution in [2.75, 3.05) is 44.2 Å². The van der Waals surface area contributed by atoms with Gasteiger partial charge in [0.25, 0.3) is 0 Å². The van der Waals surface area contributed by atoms with Gasteiger partial charge >= 0.3 is 0 Å². The number of nitrogens with zero attached hydrogens (tertiary/aromatic N) is 2. The van der Waals surface area contributed by atoms with Crippen molar-refractivity contribution in [1.29, 1.82) is 0 Å². The maximum absolute atomic E-state index is 10.6. The number of nitrogens with one attached hydrogen (secondary N) is 1. The topological polar surface area (TPSA) is 38.7 Å². The molecule has 1 aromatic rings. The number of phenolic OH excluding ortho intramolecular Hbond substituents is 1. The van der Waals surface area contributed by atoms with Gasteiger partial charge in [-0.1, -0.05) is 11.6 Å². The lowest BCUT2D eigenvalue weighted by atomic mass is 9.96. The van der Waals surface area contributed by atoms with Crippen molar-refractivity contribution < 1.29 is 5.11 Å². The highest BCUT2D eigenvalue weighted by Gasteiger charge is 2.24. The maximum Gasteiger partial charge on any atom is 0.122 e. The van der Waals surface area contributed by atoms with Gasteiger partial charge in [0.1, 0.15) is 5.75 Å². The normalized spacial score (nSPS) is 17.0. The summed E-state index contributed by atoms with van der Waals surface area (Å²) in [7, 11) is 0. The lowest BCUT2D eigenvalue weighted by Gasteiger charge is -2.36. The van der Waals surface area contributed by atoms with E-state index in [2.05, 4.69) is 54.6 Å². The molecule has 128 valence electrons. The molecule has 0 saturated carbocycles. The molecule has 2 rings (SSSR count). The first-order valence-electron chi connectivity index (χ1n) is 8.73. The van der Waals surface area contributed by atoms with Crippen LogP contribution in [0.5, 0.6) is 5.75 Å². The summed E-state index contributed by atoms with van der Waals surface area (Å²) in [6.07, 6.45) is 0.887. The Balaban J connectivity index is 2.28. The summed E-state index contributed by atoms with van der Waals surface area (Å²) >= 11 is 0. The van der Waals surface area contributed by atoms with Gasteiger partial charge in [0.05, 0.1) is 0 Å². The van der Waals surface area contributed by atoms with Gasteiger partial charge < -0.3 is 15.3 Å². The van der Waals surface area contributed by atoms with Gasteiger partial charge in [0.2, 0.25) is 0 Å². The van der Waals surface area contributed by atoms with Crippen LogP contribution < -0.4 is 10.2 Å². The molecule has 0 spiro atoms. The number of piperazine rings is 1. The van der Waals surface area contributed by atoms with Crippen LogP contribution in [-0.2, 0) is 0 Å². The zero-order valence-electron chi connectivity index (χ0n) is 14.8. The van der Waals surface area contributed by atoms with Crippen LogP contribution in [-0.4, -0.2) is 49.3 Å². The molecule has 0 unspecified atom stereocenters. The number of hydrogen-bond donors (Lipinski definition) is 2. The Morgan fingerprint density at radius 3 is 2.48 bits per heavy atom. The van der Waals surface area contributed by atoms with E-state index >= 15 is 0 Å². The molecule has 0 aromatic heterocycles. The fourth-order valence-corrected chi connectivity index (χ4v) is 3.36. The minimum absolute atomic E-state index is 0.209. The van der Waals surface area contributed by atoms with Crippen molar-refractivity contribution >= 4 is 5.69 Å². The van der Waals surface area contributed by atoms with E-state index in [9.17, 15) is 5.11 Å². The second-order valence-electron chi connectivity index (χ2n) is 6.38. The highest BCUT2D eigenvalue weighted by Crippen LogP contribution is 2.35. The van der Waals surface area contributed by atoms with Crippen LogP contribution in [0.1, 0.15) is 38.8 Å². The van der Waals surface area contributed by atoms with Crippen LogP contribution in [0.15, 0.2) is 30.4 Å². The first-order valence-corrected chi connectivity index (χ1v) is 8.73. The summed E-state index contributed by atoms with van der Waals surface area (Å²) < 4.78 is 0. The molecule has 4 heteroatoms. The minimum Gasteiger partial charge on any atom is -0.508 e. The number of phenols is 1. The van der Waals surface area contributed by atoms with Crippen LogP contribution in [0.25, 0.3) is 0 Å². The van der Waals surface area contributed by atoms with Gasteiger partial charge in [-0.05, 0) is 33.3 Å². The standard InChI is InChI=1S/C19H31N3O/c1-5-21(6-2)16-7-8-17(19(23)14-16)18(13-15(3)4)22-11-9-20-10-12-22/h7-8,14,18,20,23H,3,5-6,9-13H2,1-2,4H3/t18-/m1/s1. The molecule has 1 aliphatic heterocycles. The molecular weight excluding hydrogens is 286 g/mol. The number of benzene rings is 1. The summed E-state index contributed by atoms with van der Waals surface area (Å²) in [5.74, 6) is 0.402. The lowest BCUT2D eigenvalue weighted by molar-refractivity contribution is 0.170. The summed E-state index contributed by atoms with van der Waals surface area (Å²) in [4.78, 5) is 4.71. The molecule has 2 N–H and O–H groups in total. The van der Waals surface area contributed by atoms with Crippen molar-refractivity contribution in [3.63, 3.8) is 0 Å². The molecule has 1 saturated heterocycles. The molecule has 1 atom stereocenters. The molecule has 0 amide bonds. The molecule has 23 heavy (non-hydrogen) atoms. The Labute approximate surface area is 140 Å². The van der Waals surface area contributed by atoms with Crippen molar-refractivity contribution in [2.24, 2.45) is 0 Å². The Hall–Kier alpha value is -1.52. The zero-order chi connectivity index (χ0) is 16.8. The first kappa shape index (κ1) is 17.8. The zero-order valence-corrected chi connectivity index (χ0v) is 14.8. The van der Waals surface area contributed by atoms with E-state index in [0.717, 1.165) is 62.5 Å². The van der Waals surface area contributed by atoms with E-state index in [0.29, 0.717) is 5.75 Å². The third-order valence-corrected chi connectivity index (χ3v) is 4.64. The van der Waals surface area contributed by atoms with Crippen LogP contribution in [0.4, 0.5) is 5.69 Å². The Bertz CT molecular complexity index is 519. The highest BCUT2D eigenvalue weighted by molar-refractivity contribution is 5.54.